The molecule has 5 atom stereocenters. The first kappa shape index (κ1) is 22.6. The summed E-state index contributed by atoms with van der Waals surface area (Å²) >= 11 is 0. The molecule has 1 saturated heterocycles. The van der Waals surface area contributed by atoms with Crippen LogP contribution >= 0.6 is 0 Å². The quantitative estimate of drug-likeness (QED) is 0.335. The lowest BCUT2D eigenvalue weighted by molar-refractivity contribution is -0.244. The molecule has 0 aromatic heterocycles. The molecule has 0 spiro atoms. The van der Waals surface area contributed by atoms with E-state index < -0.39 is 49.1 Å². The molecule has 1 aromatic rings. The van der Waals surface area contributed by atoms with Crippen molar-refractivity contribution in [3.05, 3.63) is 29.8 Å². The van der Waals surface area contributed by atoms with Crippen molar-refractivity contribution < 1.29 is 43.9 Å². The Balaban J connectivity index is 2.27. The van der Waals surface area contributed by atoms with Crippen molar-refractivity contribution in [2.24, 2.45) is 0 Å². The molecule has 0 saturated carbocycles. The van der Waals surface area contributed by atoms with Crippen molar-refractivity contribution in [2.75, 3.05) is 20.8 Å². The van der Waals surface area contributed by atoms with Crippen LogP contribution in [-0.4, -0.2) is 78.7 Å². The topological polar surface area (TPSA) is 144 Å². The molecule has 2 rings (SSSR count). The summed E-state index contributed by atoms with van der Waals surface area (Å²) in [5, 5.41) is 32.3. The zero-order chi connectivity index (χ0) is 21.6. The molecule has 1 aliphatic heterocycles. The molecule has 1 fully saturated rings. The number of nitrogens with one attached hydrogen (secondary N) is 1. The number of carbonyl (C=O) groups excluding carboxylic acids is 2. The first-order valence-corrected chi connectivity index (χ1v) is 8.81. The van der Waals surface area contributed by atoms with Crippen molar-refractivity contribution >= 4 is 18.0 Å². The van der Waals surface area contributed by atoms with Gasteiger partial charge in [-0.3, -0.25) is 4.79 Å². The van der Waals surface area contributed by atoms with Gasteiger partial charge in [0, 0.05) is 13.0 Å². The predicted octanol–water partition coefficient (Wildman–Crippen LogP) is -0.796. The number of aliphatic hydroxyl groups is 3. The van der Waals surface area contributed by atoms with E-state index in [-0.39, 0.29) is 5.75 Å². The van der Waals surface area contributed by atoms with Gasteiger partial charge in [0.1, 0.15) is 24.4 Å². The van der Waals surface area contributed by atoms with Crippen LogP contribution in [0.3, 0.4) is 0 Å². The highest BCUT2D eigenvalue weighted by Crippen LogP contribution is 2.32. The fourth-order valence-corrected chi connectivity index (χ4v) is 2.81. The van der Waals surface area contributed by atoms with Gasteiger partial charge < -0.3 is 39.6 Å². The average molecular weight is 411 g/mol. The van der Waals surface area contributed by atoms with E-state index in [0.29, 0.717) is 11.3 Å². The summed E-state index contributed by atoms with van der Waals surface area (Å²) in [5.74, 6) is -0.455. The van der Waals surface area contributed by atoms with Crippen LogP contribution in [0.5, 0.6) is 11.5 Å². The first-order chi connectivity index (χ1) is 13.8. The monoisotopic (exact) mass is 411 g/mol. The molecule has 1 amide bonds. The maximum atomic E-state index is 11.5. The number of rotatable bonds is 7. The highest BCUT2D eigenvalue weighted by Gasteiger charge is 2.46. The van der Waals surface area contributed by atoms with E-state index in [0.717, 1.165) is 0 Å². The van der Waals surface area contributed by atoms with Crippen LogP contribution in [0.15, 0.2) is 24.3 Å². The minimum absolute atomic E-state index is 0.225. The summed E-state index contributed by atoms with van der Waals surface area (Å²) in [6.07, 6.45) is -2.38. The molecule has 1 aliphatic rings. The van der Waals surface area contributed by atoms with E-state index in [4.69, 9.17) is 14.2 Å². The molecule has 4 N–H and O–H groups in total. The number of carbonyl (C=O) groups is 2. The van der Waals surface area contributed by atoms with Gasteiger partial charge in [0.15, 0.2) is 11.5 Å². The molecule has 10 nitrogen and oxygen atoms in total. The highest BCUT2D eigenvalue weighted by atomic mass is 16.7. The van der Waals surface area contributed by atoms with Crippen LogP contribution in [-0.2, 0) is 19.1 Å². The smallest absolute Gasteiger partial charge is 0.330 e. The molecule has 1 aromatic carbocycles. The zero-order valence-electron chi connectivity index (χ0n) is 16.3. The van der Waals surface area contributed by atoms with Gasteiger partial charge in [-0.25, -0.2) is 4.79 Å². The minimum Gasteiger partial charge on any atom is -0.493 e. The van der Waals surface area contributed by atoms with Gasteiger partial charge in [-0.05, 0) is 23.8 Å². The van der Waals surface area contributed by atoms with Gasteiger partial charge in [0.2, 0.25) is 12.2 Å². The third-order valence-electron chi connectivity index (χ3n) is 4.29. The lowest BCUT2D eigenvalue weighted by Gasteiger charge is -2.42. The summed E-state index contributed by atoms with van der Waals surface area (Å²) in [5.41, 5.74) is 0.631. The summed E-state index contributed by atoms with van der Waals surface area (Å²) < 4.78 is 21.2. The third kappa shape index (κ3) is 5.67. The number of hydrogen-bond acceptors (Lipinski definition) is 9. The van der Waals surface area contributed by atoms with E-state index in [1.807, 2.05) is 0 Å². The summed E-state index contributed by atoms with van der Waals surface area (Å²) in [6, 6.07) is 3.70. The van der Waals surface area contributed by atoms with Gasteiger partial charge in [-0.1, -0.05) is 6.07 Å². The molecule has 0 bridgehead atoms. The normalized spacial score (nSPS) is 26.8. The number of benzene rings is 1. The standard InChI is InChI=1S/C19H25NO9/c1-10(22)20-16-18(25)17(24)14(9-21)29-19(16)28-12-6-4-11(8-13(12)26-2)5-7-15(23)27-3/h4-8,14,16-19,21,24-25H,9H2,1-3H3,(H,20,22)/t14-,16-,17-,18-,19-/m1/s1. The Bertz CT molecular complexity index is 751. The number of aliphatic hydroxyl groups excluding tert-OH is 3. The molecular weight excluding hydrogens is 386 g/mol. The Morgan fingerprint density at radius 2 is 1.93 bits per heavy atom. The van der Waals surface area contributed by atoms with Crippen LogP contribution < -0.4 is 14.8 Å². The second-order valence-electron chi connectivity index (χ2n) is 6.32. The maximum Gasteiger partial charge on any atom is 0.330 e. The molecular formula is C19H25NO9. The fraction of sp³-hybridized carbons (Fsp3) is 0.474. The van der Waals surface area contributed by atoms with Crippen molar-refractivity contribution in [1.82, 2.24) is 5.32 Å². The Kier molecular flexibility index (Phi) is 7.97. The summed E-state index contributed by atoms with van der Waals surface area (Å²) in [6.45, 7) is 0.691. The van der Waals surface area contributed by atoms with Crippen molar-refractivity contribution in [2.45, 2.75) is 37.6 Å². The van der Waals surface area contributed by atoms with E-state index in [1.165, 1.54) is 33.3 Å². The van der Waals surface area contributed by atoms with Crippen LogP contribution in [0.25, 0.3) is 6.08 Å². The van der Waals surface area contributed by atoms with Gasteiger partial charge >= 0.3 is 5.97 Å². The largest absolute Gasteiger partial charge is 0.493 e. The van der Waals surface area contributed by atoms with E-state index >= 15 is 0 Å². The molecule has 1 heterocycles. The Morgan fingerprint density at radius 3 is 2.52 bits per heavy atom. The number of esters is 1. The SMILES string of the molecule is COC(=O)C=Cc1ccc(O[C@@H]2O[C@H](CO)[C@@H](O)[C@H](O)[C@H]2NC(C)=O)c(OC)c1. The lowest BCUT2D eigenvalue weighted by atomic mass is 9.97. The van der Waals surface area contributed by atoms with Gasteiger partial charge in [-0.2, -0.15) is 0 Å². The summed E-state index contributed by atoms with van der Waals surface area (Å²) in [4.78, 5) is 22.7. The second-order valence-corrected chi connectivity index (χ2v) is 6.32. The van der Waals surface area contributed by atoms with Crippen LogP contribution in [0.2, 0.25) is 0 Å². The number of amides is 1. The zero-order valence-corrected chi connectivity index (χ0v) is 16.3. The molecule has 160 valence electrons. The van der Waals surface area contributed by atoms with Crippen LogP contribution in [0, 0.1) is 0 Å². The lowest BCUT2D eigenvalue weighted by Crippen LogP contribution is -2.65. The van der Waals surface area contributed by atoms with Crippen LogP contribution in [0.1, 0.15) is 12.5 Å². The summed E-state index contributed by atoms with van der Waals surface area (Å²) in [7, 11) is 2.68. The van der Waals surface area contributed by atoms with Crippen molar-refractivity contribution in [1.29, 1.82) is 0 Å². The van der Waals surface area contributed by atoms with Crippen LogP contribution in [0.4, 0.5) is 0 Å². The van der Waals surface area contributed by atoms with Gasteiger partial charge in [0.25, 0.3) is 0 Å². The van der Waals surface area contributed by atoms with Gasteiger partial charge in [0.05, 0.1) is 20.8 Å². The number of methoxy groups -OCH3 is 2. The molecule has 29 heavy (non-hydrogen) atoms. The first-order valence-electron chi connectivity index (χ1n) is 8.81. The Hall–Kier alpha value is -2.66. The fourth-order valence-electron chi connectivity index (χ4n) is 2.81. The number of ether oxygens (including phenoxy) is 4. The van der Waals surface area contributed by atoms with E-state index in [1.54, 1.807) is 18.2 Å². The molecule has 10 heteroatoms. The van der Waals surface area contributed by atoms with Crippen molar-refractivity contribution in [3.63, 3.8) is 0 Å². The predicted molar refractivity (Wildman–Crippen MR) is 100 cm³/mol. The molecule has 0 unspecified atom stereocenters. The van der Waals surface area contributed by atoms with Crippen molar-refractivity contribution in [3.8, 4) is 11.5 Å². The van der Waals surface area contributed by atoms with Gasteiger partial charge in [-0.15, -0.1) is 0 Å². The maximum absolute atomic E-state index is 11.5. The van der Waals surface area contributed by atoms with E-state index in [9.17, 15) is 24.9 Å². The number of hydrogen-bond donors (Lipinski definition) is 4. The van der Waals surface area contributed by atoms with E-state index in [2.05, 4.69) is 10.1 Å². The Morgan fingerprint density at radius 1 is 1.21 bits per heavy atom. The second kappa shape index (κ2) is 10.2. The molecule has 0 radical (unpaired) electrons. The minimum atomic E-state index is -1.43. The highest BCUT2D eigenvalue weighted by molar-refractivity contribution is 5.87. The molecule has 0 aliphatic carbocycles. The Labute approximate surface area is 167 Å². The third-order valence-corrected chi connectivity index (χ3v) is 4.29. The average Bonchev–Trinajstić information content (AvgIpc) is 2.71.